The Hall–Kier alpha value is -1.79. The van der Waals surface area contributed by atoms with Crippen molar-refractivity contribution in [2.24, 2.45) is 28.7 Å². The SMILES string of the molecule is O=C1C(=Nc2c(F)c(F)c(F)c(F)c2F)C2CCCC3CCCC1C32. The third-order valence-electron chi connectivity index (χ3n) is 6.01. The van der Waals surface area contributed by atoms with Crippen LogP contribution in [0.4, 0.5) is 27.6 Å². The van der Waals surface area contributed by atoms with Gasteiger partial charge in [-0.3, -0.25) is 4.79 Å². The summed E-state index contributed by atoms with van der Waals surface area (Å²) in [5, 5.41) is 0. The summed E-state index contributed by atoms with van der Waals surface area (Å²) >= 11 is 0. The molecule has 0 spiro atoms. The van der Waals surface area contributed by atoms with Gasteiger partial charge in [0, 0.05) is 11.8 Å². The molecular weight excluding hydrogens is 341 g/mol. The zero-order chi connectivity index (χ0) is 17.9. The van der Waals surface area contributed by atoms with Crippen LogP contribution in [0, 0.1) is 52.8 Å². The molecule has 4 rings (SSSR count). The van der Waals surface area contributed by atoms with Crippen molar-refractivity contribution in [2.45, 2.75) is 38.5 Å². The highest BCUT2D eigenvalue weighted by molar-refractivity contribution is 6.44. The molecule has 0 saturated heterocycles. The number of nitrogens with zero attached hydrogens (tertiary/aromatic N) is 1. The second kappa shape index (κ2) is 5.88. The van der Waals surface area contributed by atoms with E-state index in [0.717, 1.165) is 25.7 Å². The number of carbonyl (C=O) groups excluding carboxylic acids is 1. The molecule has 3 fully saturated rings. The number of carbonyl (C=O) groups is 1. The predicted octanol–water partition coefficient (Wildman–Crippen LogP) is 4.87. The molecule has 0 N–H and O–H groups in total. The van der Waals surface area contributed by atoms with Crippen LogP contribution >= 0.6 is 0 Å². The Morgan fingerprint density at radius 3 is 1.84 bits per heavy atom. The van der Waals surface area contributed by atoms with Crippen molar-refractivity contribution >= 4 is 17.2 Å². The first-order valence-corrected chi connectivity index (χ1v) is 8.56. The lowest BCUT2D eigenvalue weighted by Gasteiger charge is -2.39. The van der Waals surface area contributed by atoms with Crippen LogP contribution in [0.5, 0.6) is 0 Å². The first kappa shape index (κ1) is 16.7. The molecule has 3 saturated carbocycles. The van der Waals surface area contributed by atoms with Crippen molar-refractivity contribution in [3.05, 3.63) is 29.1 Å². The molecule has 3 aliphatic carbocycles. The maximum atomic E-state index is 13.9. The van der Waals surface area contributed by atoms with Crippen LogP contribution in [-0.2, 0) is 4.79 Å². The number of rotatable bonds is 1. The monoisotopic (exact) mass is 357 g/mol. The lowest BCUT2D eigenvalue weighted by atomic mass is 9.65. The van der Waals surface area contributed by atoms with E-state index in [1.165, 1.54) is 0 Å². The Balaban J connectivity index is 1.83. The number of benzene rings is 1. The normalized spacial score (nSPS) is 33.0. The summed E-state index contributed by atoms with van der Waals surface area (Å²) < 4.78 is 67.9. The highest BCUT2D eigenvalue weighted by Crippen LogP contribution is 2.52. The van der Waals surface area contributed by atoms with E-state index in [1.807, 2.05) is 0 Å². The van der Waals surface area contributed by atoms with Crippen molar-refractivity contribution in [3.8, 4) is 0 Å². The summed E-state index contributed by atoms with van der Waals surface area (Å²) in [7, 11) is 0. The predicted molar refractivity (Wildman–Crippen MR) is 80.0 cm³/mol. The number of aliphatic imine (C=N–C) groups is 1. The number of ketones is 1. The molecule has 2 nitrogen and oxygen atoms in total. The molecule has 4 atom stereocenters. The van der Waals surface area contributed by atoms with Gasteiger partial charge in [-0.1, -0.05) is 25.7 Å². The summed E-state index contributed by atoms with van der Waals surface area (Å²) in [5.74, 6) is -10.6. The summed E-state index contributed by atoms with van der Waals surface area (Å²) in [5.41, 5.74) is -1.26. The van der Waals surface area contributed by atoms with Crippen molar-refractivity contribution < 1.29 is 26.7 Å². The minimum absolute atomic E-state index is 0.00944. The molecule has 4 unspecified atom stereocenters. The van der Waals surface area contributed by atoms with Gasteiger partial charge in [0.2, 0.25) is 5.82 Å². The zero-order valence-corrected chi connectivity index (χ0v) is 13.3. The van der Waals surface area contributed by atoms with Gasteiger partial charge in [0.1, 0.15) is 5.69 Å². The molecule has 7 heteroatoms. The maximum Gasteiger partial charge on any atom is 0.200 e. The molecule has 3 aliphatic rings. The maximum absolute atomic E-state index is 13.9. The first-order valence-electron chi connectivity index (χ1n) is 8.56. The quantitative estimate of drug-likeness (QED) is 0.401. The Morgan fingerprint density at radius 2 is 1.24 bits per heavy atom. The van der Waals surface area contributed by atoms with Gasteiger partial charge in [-0.2, -0.15) is 0 Å². The average molecular weight is 357 g/mol. The summed E-state index contributed by atoms with van der Waals surface area (Å²) in [6.45, 7) is 0. The first-order chi connectivity index (χ1) is 11.9. The fourth-order valence-electron chi connectivity index (χ4n) is 5.00. The molecule has 25 heavy (non-hydrogen) atoms. The van der Waals surface area contributed by atoms with Gasteiger partial charge >= 0.3 is 0 Å². The minimum atomic E-state index is -2.22. The topological polar surface area (TPSA) is 29.4 Å². The second-order valence-electron chi connectivity index (χ2n) is 7.19. The number of Topliss-reactive ketones (excluding diaryl/α,β-unsaturated/α-hetero) is 1. The summed E-state index contributed by atoms with van der Waals surface area (Å²) in [6, 6.07) is 0. The van der Waals surface area contributed by atoms with Crippen molar-refractivity contribution in [1.82, 2.24) is 0 Å². The van der Waals surface area contributed by atoms with Gasteiger partial charge in [0.05, 0.1) is 5.71 Å². The Morgan fingerprint density at radius 1 is 0.720 bits per heavy atom. The van der Waals surface area contributed by atoms with Crippen LogP contribution in [0.2, 0.25) is 0 Å². The van der Waals surface area contributed by atoms with E-state index in [2.05, 4.69) is 4.99 Å². The van der Waals surface area contributed by atoms with E-state index in [9.17, 15) is 26.7 Å². The molecule has 0 aliphatic heterocycles. The Labute approximate surface area is 141 Å². The van der Waals surface area contributed by atoms with Crippen LogP contribution in [0.15, 0.2) is 4.99 Å². The van der Waals surface area contributed by atoms with Crippen LogP contribution in [-0.4, -0.2) is 11.5 Å². The highest BCUT2D eigenvalue weighted by Gasteiger charge is 2.53. The Kier molecular flexibility index (Phi) is 3.92. The molecule has 134 valence electrons. The number of hydrogen-bond acceptors (Lipinski definition) is 2. The molecule has 0 heterocycles. The number of hydrogen-bond donors (Lipinski definition) is 0. The molecule has 0 radical (unpaired) electrons. The molecule has 0 aromatic heterocycles. The fraction of sp³-hybridized carbons (Fsp3) is 0.556. The van der Waals surface area contributed by atoms with Crippen molar-refractivity contribution in [2.75, 3.05) is 0 Å². The van der Waals surface area contributed by atoms with E-state index in [4.69, 9.17) is 0 Å². The van der Waals surface area contributed by atoms with E-state index in [1.54, 1.807) is 0 Å². The lowest BCUT2D eigenvalue weighted by molar-refractivity contribution is -0.118. The highest BCUT2D eigenvalue weighted by atomic mass is 19.2. The standard InChI is InChI=1S/C18H16F5NO/c19-11-12(20)14(22)17(15(23)13(11)21)24-16-8-5-1-3-7-4-2-6-9(10(7)8)18(16)25/h7-10H,1-6H2. The van der Waals surface area contributed by atoms with Crippen LogP contribution in [0.25, 0.3) is 0 Å². The molecule has 0 amide bonds. The second-order valence-corrected chi connectivity index (χ2v) is 7.19. The van der Waals surface area contributed by atoms with Crippen LogP contribution in [0.1, 0.15) is 38.5 Å². The van der Waals surface area contributed by atoms with Gasteiger partial charge in [0.25, 0.3) is 0 Å². The third kappa shape index (κ3) is 2.34. The van der Waals surface area contributed by atoms with Crippen LogP contribution in [0.3, 0.4) is 0 Å². The van der Waals surface area contributed by atoms with Gasteiger partial charge in [0.15, 0.2) is 29.1 Å². The molecule has 0 bridgehead atoms. The zero-order valence-electron chi connectivity index (χ0n) is 13.3. The van der Waals surface area contributed by atoms with E-state index in [-0.39, 0.29) is 29.2 Å². The summed E-state index contributed by atoms with van der Waals surface area (Å²) in [6.07, 6.45) is 5.19. The van der Waals surface area contributed by atoms with Gasteiger partial charge in [-0.05, 0) is 24.7 Å². The third-order valence-corrected chi connectivity index (χ3v) is 6.01. The van der Waals surface area contributed by atoms with Crippen molar-refractivity contribution in [1.29, 1.82) is 0 Å². The largest absolute Gasteiger partial charge is 0.292 e. The summed E-state index contributed by atoms with van der Waals surface area (Å²) in [4.78, 5) is 16.4. The van der Waals surface area contributed by atoms with Gasteiger partial charge in [-0.15, -0.1) is 0 Å². The smallest absolute Gasteiger partial charge is 0.200 e. The van der Waals surface area contributed by atoms with E-state index < -0.39 is 34.8 Å². The van der Waals surface area contributed by atoms with Crippen molar-refractivity contribution in [3.63, 3.8) is 0 Å². The van der Waals surface area contributed by atoms with E-state index in [0.29, 0.717) is 18.8 Å². The lowest BCUT2D eigenvalue weighted by Crippen LogP contribution is -2.33. The van der Waals surface area contributed by atoms with Gasteiger partial charge < -0.3 is 0 Å². The molecule has 1 aromatic rings. The number of halogens is 5. The molecular formula is C18H16F5NO. The molecule has 1 aromatic carbocycles. The minimum Gasteiger partial charge on any atom is -0.292 e. The fourth-order valence-corrected chi connectivity index (χ4v) is 5.00. The van der Waals surface area contributed by atoms with Crippen LogP contribution < -0.4 is 0 Å². The average Bonchev–Trinajstić information content (AvgIpc) is 2.90. The Bertz CT molecular complexity index is 759. The van der Waals surface area contributed by atoms with E-state index >= 15 is 0 Å². The van der Waals surface area contributed by atoms with Gasteiger partial charge in [-0.25, -0.2) is 26.9 Å².